The van der Waals surface area contributed by atoms with Gasteiger partial charge in [-0.15, -0.1) is 0 Å². The van der Waals surface area contributed by atoms with E-state index in [0.29, 0.717) is 0 Å². The molecule has 1 aliphatic rings. The van der Waals surface area contributed by atoms with Gasteiger partial charge in [0.1, 0.15) is 11.4 Å². The number of guanidine groups is 1. The minimum Gasteiger partial charge on any atom is -0.338 e. The lowest BCUT2D eigenvalue weighted by Gasteiger charge is -2.23. The Morgan fingerprint density at radius 1 is 1.23 bits per heavy atom. The Morgan fingerprint density at radius 3 is 2.50 bits per heavy atom. The van der Waals surface area contributed by atoms with Crippen molar-refractivity contribution in [2.45, 2.75) is 12.5 Å². The highest BCUT2D eigenvalue weighted by Crippen LogP contribution is 2.32. The number of likely N-dealkylation sites (N-methyl/N-ethyl adjacent to an activating group) is 1. The number of halogens is 1. The Morgan fingerprint density at radius 2 is 1.91 bits per heavy atom. The van der Waals surface area contributed by atoms with Gasteiger partial charge < -0.3 is 5.32 Å². The number of carbonyl (C=O) groups is 1. The Bertz CT molecular complexity index is 762. The molecular formula is C16H15FN4O. The smallest absolute Gasteiger partial charge is 0.259 e. The van der Waals surface area contributed by atoms with Crippen molar-refractivity contribution in [3.63, 3.8) is 0 Å². The summed E-state index contributed by atoms with van der Waals surface area (Å²) in [5.41, 5.74) is 0.615. The van der Waals surface area contributed by atoms with Gasteiger partial charge in [0, 0.05) is 25.0 Å². The molecule has 1 saturated heterocycles. The molecule has 22 heavy (non-hydrogen) atoms. The Hall–Kier alpha value is -2.76. The average molecular weight is 298 g/mol. The fraction of sp³-hybridized carbons (Fsp3) is 0.188. The van der Waals surface area contributed by atoms with Crippen LogP contribution in [0, 0.1) is 11.2 Å². The topological polar surface area (TPSA) is 69.1 Å². The third kappa shape index (κ3) is 2.04. The highest BCUT2D eigenvalue weighted by atomic mass is 19.1. The Balaban J connectivity index is 2.12. The summed E-state index contributed by atoms with van der Waals surface area (Å²) >= 11 is 0. The highest BCUT2D eigenvalue weighted by molar-refractivity contribution is 6.07. The molecule has 1 amide bonds. The quantitative estimate of drug-likeness (QED) is 0.892. The first-order valence-electron chi connectivity index (χ1n) is 6.79. The highest BCUT2D eigenvalue weighted by Gasteiger charge is 2.47. The van der Waals surface area contributed by atoms with Gasteiger partial charge in [-0.05, 0) is 42.3 Å². The first-order valence-corrected chi connectivity index (χ1v) is 6.79. The van der Waals surface area contributed by atoms with Crippen molar-refractivity contribution in [1.29, 1.82) is 5.41 Å². The summed E-state index contributed by atoms with van der Waals surface area (Å²) in [6.07, 6.45) is 3.31. The normalized spacial score (nSPS) is 21.1. The van der Waals surface area contributed by atoms with E-state index in [0.717, 1.165) is 11.1 Å². The lowest BCUT2D eigenvalue weighted by molar-refractivity contribution is -0.130. The van der Waals surface area contributed by atoms with Gasteiger partial charge in [0.25, 0.3) is 5.91 Å². The second-order valence-corrected chi connectivity index (χ2v) is 5.39. The SMILES string of the molecule is CN1C(=N)NC(C)(c2cc(-c3ccncc3)ccc2F)C1=O. The number of carbonyl (C=O) groups excluding carboxylic acids is 1. The molecule has 2 aromatic rings. The molecule has 112 valence electrons. The van der Waals surface area contributed by atoms with Crippen LogP contribution in [-0.4, -0.2) is 28.8 Å². The van der Waals surface area contributed by atoms with E-state index in [4.69, 9.17) is 5.41 Å². The molecule has 0 saturated carbocycles. The zero-order valence-corrected chi connectivity index (χ0v) is 12.2. The molecule has 6 heteroatoms. The molecule has 3 rings (SSSR count). The molecule has 0 spiro atoms. The molecule has 2 N–H and O–H groups in total. The van der Waals surface area contributed by atoms with Crippen molar-refractivity contribution < 1.29 is 9.18 Å². The van der Waals surface area contributed by atoms with Gasteiger partial charge in [0.15, 0.2) is 5.96 Å². The van der Waals surface area contributed by atoms with E-state index in [9.17, 15) is 9.18 Å². The van der Waals surface area contributed by atoms with Crippen LogP contribution in [0.2, 0.25) is 0 Å². The predicted molar refractivity (Wildman–Crippen MR) is 80.6 cm³/mol. The van der Waals surface area contributed by atoms with Gasteiger partial charge in [-0.1, -0.05) is 6.07 Å². The van der Waals surface area contributed by atoms with E-state index in [1.807, 2.05) is 12.1 Å². The second-order valence-electron chi connectivity index (χ2n) is 5.39. The average Bonchev–Trinajstić information content (AvgIpc) is 2.73. The third-order valence-corrected chi connectivity index (χ3v) is 3.95. The van der Waals surface area contributed by atoms with Crippen molar-refractivity contribution in [2.75, 3.05) is 7.05 Å². The summed E-state index contributed by atoms with van der Waals surface area (Å²) in [6.45, 7) is 1.59. The maximum Gasteiger partial charge on any atom is 0.259 e. The van der Waals surface area contributed by atoms with Crippen LogP contribution in [0.15, 0.2) is 42.7 Å². The van der Waals surface area contributed by atoms with Crippen LogP contribution in [0.5, 0.6) is 0 Å². The van der Waals surface area contributed by atoms with E-state index in [2.05, 4.69) is 10.3 Å². The number of rotatable bonds is 2. The summed E-state index contributed by atoms with van der Waals surface area (Å²) in [4.78, 5) is 17.5. The zero-order chi connectivity index (χ0) is 15.9. The van der Waals surface area contributed by atoms with E-state index < -0.39 is 11.4 Å². The number of aromatic nitrogens is 1. The van der Waals surface area contributed by atoms with Crippen molar-refractivity contribution in [3.05, 3.63) is 54.1 Å². The van der Waals surface area contributed by atoms with Gasteiger partial charge in [-0.3, -0.25) is 20.1 Å². The molecule has 0 bridgehead atoms. The van der Waals surface area contributed by atoms with Crippen LogP contribution in [-0.2, 0) is 10.3 Å². The molecule has 2 heterocycles. The van der Waals surface area contributed by atoms with Crippen LogP contribution in [0.4, 0.5) is 4.39 Å². The van der Waals surface area contributed by atoms with Crippen LogP contribution in [0.1, 0.15) is 12.5 Å². The number of nitrogens with zero attached hydrogens (tertiary/aromatic N) is 2. The lowest BCUT2D eigenvalue weighted by Crippen LogP contribution is -2.41. The molecular weight excluding hydrogens is 283 g/mol. The number of amides is 1. The number of benzene rings is 1. The van der Waals surface area contributed by atoms with Crippen molar-refractivity contribution in [3.8, 4) is 11.1 Å². The van der Waals surface area contributed by atoms with Gasteiger partial charge >= 0.3 is 0 Å². The largest absolute Gasteiger partial charge is 0.338 e. The maximum atomic E-state index is 14.3. The second kappa shape index (κ2) is 4.91. The van der Waals surface area contributed by atoms with E-state index in [1.165, 1.54) is 18.0 Å². The minimum absolute atomic E-state index is 0.0405. The monoisotopic (exact) mass is 298 g/mol. The van der Waals surface area contributed by atoms with Gasteiger partial charge in [-0.25, -0.2) is 4.39 Å². The Labute approximate surface area is 127 Å². The summed E-state index contributed by atoms with van der Waals surface area (Å²) in [6, 6.07) is 8.27. The van der Waals surface area contributed by atoms with Crippen LogP contribution in [0.3, 0.4) is 0 Å². The van der Waals surface area contributed by atoms with Crippen LogP contribution < -0.4 is 5.32 Å². The fourth-order valence-corrected chi connectivity index (χ4v) is 2.63. The summed E-state index contributed by atoms with van der Waals surface area (Å²) in [7, 11) is 1.49. The first-order chi connectivity index (χ1) is 10.4. The van der Waals surface area contributed by atoms with E-state index in [1.54, 1.807) is 31.5 Å². The summed E-state index contributed by atoms with van der Waals surface area (Å²) in [5, 5.41) is 10.5. The molecule has 0 aliphatic carbocycles. The standard InChI is InChI=1S/C16H15FN4O/c1-16(14(22)21(2)15(18)20-16)12-9-11(3-4-13(12)17)10-5-7-19-8-6-10/h3-9H,1-2H3,(H2,18,20). The predicted octanol–water partition coefficient (Wildman–Crippen LogP) is 2.10. The summed E-state index contributed by atoms with van der Waals surface area (Å²) < 4.78 is 14.3. The van der Waals surface area contributed by atoms with Gasteiger partial charge in [0.05, 0.1) is 0 Å². The van der Waals surface area contributed by atoms with Gasteiger partial charge in [-0.2, -0.15) is 0 Å². The van der Waals surface area contributed by atoms with E-state index >= 15 is 0 Å². The number of hydrogen-bond donors (Lipinski definition) is 2. The first kappa shape index (κ1) is 14.2. The molecule has 1 aromatic carbocycles. The Kier molecular flexibility index (Phi) is 3.16. The molecule has 5 nitrogen and oxygen atoms in total. The number of pyridine rings is 1. The minimum atomic E-state index is -1.28. The molecule has 1 unspecified atom stereocenters. The number of nitrogens with one attached hydrogen (secondary N) is 2. The van der Waals surface area contributed by atoms with E-state index in [-0.39, 0.29) is 17.4 Å². The molecule has 0 radical (unpaired) electrons. The fourth-order valence-electron chi connectivity index (χ4n) is 2.63. The molecule has 1 fully saturated rings. The molecule has 1 aliphatic heterocycles. The molecule has 1 atom stereocenters. The van der Waals surface area contributed by atoms with Crippen molar-refractivity contribution >= 4 is 11.9 Å². The van der Waals surface area contributed by atoms with Crippen molar-refractivity contribution in [1.82, 2.24) is 15.2 Å². The van der Waals surface area contributed by atoms with Crippen molar-refractivity contribution in [2.24, 2.45) is 0 Å². The molecule has 1 aromatic heterocycles. The summed E-state index contributed by atoms with van der Waals surface area (Å²) in [5.74, 6) is -0.881. The third-order valence-electron chi connectivity index (χ3n) is 3.95. The van der Waals surface area contributed by atoms with Gasteiger partial charge in [0.2, 0.25) is 0 Å². The number of hydrogen-bond acceptors (Lipinski definition) is 3. The van der Waals surface area contributed by atoms with Crippen LogP contribution in [0.25, 0.3) is 11.1 Å². The zero-order valence-electron chi connectivity index (χ0n) is 12.2. The van der Waals surface area contributed by atoms with Crippen LogP contribution >= 0.6 is 0 Å². The maximum absolute atomic E-state index is 14.3. The lowest BCUT2D eigenvalue weighted by atomic mass is 9.89.